The molecule has 3 rings (SSSR count). The van der Waals surface area contributed by atoms with Gasteiger partial charge in [0.15, 0.2) is 0 Å². The van der Waals surface area contributed by atoms with Crippen LogP contribution >= 0.6 is 12.4 Å². The molecule has 128 valence electrons. The molecule has 0 aromatic heterocycles. The maximum atomic E-state index is 12.5. The zero-order chi connectivity index (χ0) is 16.1. The number of carbonyl (C=O) groups excluding carboxylic acids is 1. The molecule has 1 amide bonds. The first kappa shape index (κ1) is 18.5. The third-order valence-corrected chi connectivity index (χ3v) is 4.74. The quantitative estimate of drug-likeness (QED) is 0.866. The Labute approximate surface area is 150 Å². The van der Waals surface area contributed by atoms with E-state index in [1.165, 1.54) is 0 Å². The summed E-state index contributed by atoms with van der Waals surface area (Å²) in [7, 11) is 0. The van der Waals surface area contributed by atoms with Crippen molar-refractivity contribution in [3.05, 3.63) is 71.8 Å². The number of hydrogen-bond acceptors (Lipinski definition) is 2. The van der Waals surface area contributed by atoms with E-state index < -0.39 is 0 Å². The lowest BCUT2D eigenvalue weighted by atomic mass is 9.96. The predicted molar refractivity (Wildman–Crippen MR) is 100 cm³/mol. The molecule has 2 atom stereocenters. The van der Waals surface area contributed by atoms with E-state index in [1.807, 2.05) is 36.4 Å². The first-order valence-corrected chi connectivity index (χ1v) is 8.39. The summed E-state index contributed by atoms with van der Waals surface area (Å²) in [4.78, 5) is 12.5. The predicted octanol–water partition coefficient (Wildman–Crippen LogP) is 3.83. The zero-order valence-corrected chi connectivity index (χ0v) is 14.5. The van der Waals surface area contributed by atoms with Gasteiger partial charge in [-0.25, -0.2) is 0 Å². The van der Waals surface area contributed by atoms with Crippen molar-refractivity contribution in [1.82, 2.24) is 5.32 Å². The van der Waals surface area contributed by atoms with Crippen molar-refractivity contribution in [1.29, 1.82) is 0 Å². The van der Waals surface area contributed by atoms with Crippen LogP contribution < -0.4 is 11.1 Å². The van der Waals surface area contributed by atoms with E-state index >= 15 is 0 Å². The normalized spacial score (nSPS) is 19.8. The second-order valence-electron chi connectivity index (χ2n) is 6.38. The van der Waals surface area contributed by atoms with Gasteiger partial charge >= 0.3 is 0 Å². The highest BCUT2D eigenvalue weighted by Crippen LogP contribution is 2.28. The highest BCUT2D eigenvalue weighted by molar-refractivity contribution is 5.85. The molecule has 1 aliphatic rings. The molecule has 2 aromatic rings. The molecule has 0 unspecified atom stereocenters. The average Bonchev–Trinajstić information content (AvgIpc) is 2.99. The monoisotopic (exact) mass is 344 g/mol. The van der Waals surface area contributed by atoms with Crippen LogP contribution in [0.3, 0.4) is 0 Å². The number of nitrogens with two attached hydrogens (primary N) is 1. The van der Waals surface area contributed by atoms with Crippen LogP contribution in [0.15, 0.2) is 60.7 Å². The molecule has 3 N–H and O–H groups in total. The summed E-state index contributed by atoms with van der Waals surface area (Å²) in [6.07, 6.45) is 3.77. The standard InChI is InChI=1S/C20H24N2O.ClH/c21-18-13-7-12-17(18)14-19(23)22-20(15-8-3-1-4-9-15)16-10-5-2-6-11-16;/h1-6,8-11,17-18,20H,7,12-14,21H2,(H,22,23);1H/t17-,18+;/m0./s1. The van der Waals surface area contributed by atoms with E-state index in [9.17, 15) is 4.79 Å². The SMILES string of the molecule is Cl.N[C@@H]1CCC[C@H]1CC(=O)NC(c1ccccc1)c1ccccc1. The van der Waals surface area contributed by atoms with E-state index in [-0.39, 0.29) is 30.4 Å². The first-order chi connectivity index (χ1) is 11.2. The molecule has 0 saturated heterocycles. The van der Waals surface area contributed by atoms with Crippen LogP contribution in [0.5, 0.6) is 0 Å². The van der Waals surface area contributed by atoms with Crippen molar-refractivity contribution in [2.75, 3.05) is 0 Å². The molecule has 3 nitrogen and oxygen atoms in total. The molecule has 1 aliphatic carbocycles. The zero-order valence-electron chi connectivity index (χ0n) is 13.7. The topological polar surface area (TPSA) is 55.1 Å². The number of rotatable bonds is 5. The largest absolute Gasteiger partial charge is 0.345 e. The Hall–Kier alpha value is -1.84. The van der Waals surface area contributed by atoms with E-state index in [2.05, 4.69) is 29.6 Å². The summed E-state index contributed by atoms with van der Waals surface area (Å²) in [5.74, 6) is 0.409. The number of halogens is 1. The second-order valence-corrected chi connectivity index (χ2v) is 6.38. The molecule has 0 aliphatic heterocycles. The second kappa shape index (κ2) is 8.86. The molecule has 1 fully saturated rings. The van der Waals surface area contributed by atoms with Gasteiger partial charge in [-0.1, -0.05) is 67.1 Å². The van der Waals surface area contributed by atoms with Crippen LogP contribution in [0.4, 0.5) is 0 Å². The Morgan fingerprint density at radius 1 is 1.00 bits per heavy atom. The fourth-order valence-electron chi connectivity index (χ4n) is 3.43. The van der Waals surface area contributed by atoms with Crippen molar-refractivity contribution in [2.45, 2.75) is 37.8 Å². The van der Waals surface area contributed by atoms with E-state index in [4.69, 9.17) is 5.73 Å². The van der Waals surface area contributed by atoms with Gasteiger partial charge in [0.05, 0.1) is 6.04 Å². The molecule has 1 saturated carbocycles. The fourth-order valence-corrected chi connectivity index (χ4v) is 3.43. The molecule has 2 aromatic carbocycles. The molecule has 4 heteroatoms. The van der Waals surface area contributed by atoms with Crippen molar-refractivity contribution < 1.29 is 4.79 Å². The maximum absolute atomic E-state index is 12.5. The minimum absolute atomic E-state index is 0. The number of carbonyl (C=O) groups is 1. The van der Waals surface area contributed by atoms with Crippen molar-refractivity contribution in [2.24, 2.45) is 11.7 Å². The molecular formula is C20H25ClN2O. The number of hydrogen-bond donors (Lipinski definition) is 2. The van der Waals surface area contributed by atoms with Crippen LogP contribution in [0.25, 0.3) is 0 Å². The van der Waals surface area contributed by atoms with Crippen molar-refractivity contribution in [3.8, 4) is 0 Å². The minimum atomic E-state index is -0.109. The van der Waals surface area contributed by atoms with Gasteiger partial charge in [-0.05, 0) is 29.9 Å². The fraction of sp³-hybridized carbons (Fsp3) is 0.350. The van der Waals surface area contributed by atoms with Gasteiger partial charge in [0.1, 0.15) is 0 Å². The Bertz CT molecular complexity index is 593. The molecule has 0 heterocycles. The summed E-state index contributed by atoms with van der Waals surface area (Å²) >= 11 is 0. The third-order valence-electron chi connectivity index (χ3n) is 4.74. The summed E-state index contributed by atoms with van der Waals surface area (Å²) < 4.78 is 0. The lowest BCUT2D eigenvalue weighted by Gasteiger charge is -2.22. The maximum Gasteiger partial charge on any atom is 0.221 e. The Balaban J connectivity index is 0.00000208. The van der Waals surface area contributed by atoms with Gasteiger partial charge in [0.25, 0.3) is 0 Å². The molecule has 0 bridgehead atoms. The van der Waals surface area contributed by atoms with Gasteiger partial charge in [-0.3, -0.25) is 4.79 Å². The van der Waals surface area contributed by atoms with Crippen molar-refractivity contribution in [3.63, 3.8) is 0 Å². The summed E-state index contributed by atoms with van der Waals surface area (Å²) in [5.41, 5.74) is 8.30. The molecule has 0 spiro atoms. The first-order valence-electron chi connectivity index (χ1n) is 8.39. The average molecular weight is 345 g/mol. The van der Waals surface area contributed by atoms with E-state index in [0.717, 1.165) is 30.4 Å². The Morgan fingerprint density at radius 3 is 2.00 bits per heavy atom. The lowest BCUT2D eigenvalue weighted by Crippen LogP contribution is -2.34. The van der Waals surface area contributed by atoms with Gasteiger partial charge in [0, 0.05) is 12.5 Å². The van der Waals surface area contributed by atoms with Gasteiger partial charge in [0.2, 0.25) is 5.91 Å². The van der Waals surface area contributed by atoms with Crippen molar-refractivity contribution >= 4 is 18.3 Å². The van der Waals surface area contributed by atoms with Crippen LogP contribution in [0.2, 0.25) is 0 Å². The number of nitrogens with one attached hydrogen (secondary N) is 1. The minimum Gasteiger partial charge on any atom is -0.345 e. The Kier molecular flexibility index (Phi) is 6.83. The third kappa shape index (κ3) is 4.59. The molecular weight excluding hydrogens is 320 g/mol. The Morgan fingerprint density at radius 2 is 1.54 bits per heavy atom. The van der Waals surface area contributed by atoms with Gasteiger partial charge in [-0.2, -0.15) is 0 Å². The highest BCUT2D eigenvalue weighted by atomic mass is 35.5. The van der Waals surface area contributed by atoms with Gasteiger partial charge in [-0.15, -0.1) is 12.4 Å². The summed E-state index contributed by atoms with van der Waals surface area (Å²) in [6.45, 7) is 0. The molecule has 24 heavy (non-hydrogen) atoms. The van der Waals surface area contributed by atoms with Crippen LogP contribution in [-0.4, -0.2) is 11.9 Å². The van der Waals surface area contributed by atoms with Gasteiger partial charge < -0.3 is 11.1 Å². The van der Waals surface area contributed by atoms with Crippen LogP contribution in [0, 0.1) is 5.92 Å². The highest BCUT2D eigenvalue weighted by Gasteiger charge is 2.27. The molecule has 0 radical (unpaired) electrons. The number of benzene rings is 2. The van der Waals surface area contributed by atoms with Crippen LogP contribution in [-0.2, 0) is 4.79 Å². The number of amides is 1. The smallest absolute Gasteiger partial charge is 0.221 e. The summed E-state index contributed by atoms with van der Waals surface area (Å²) in [5, 5.41) is 3.20. The van der Waals surface area contributed by atoms with Crippen LogP contribution in [0.1, 0.15) is 42.9 Å². The van der Waals surface area contributed by atoms with E-state index in [1.54, 1.807) is 0 Å². The lowest BCUT2D eigenvalue weighted by molar-refractivity contribution is -0.122. The summed E-state index contributed by atoms with van der Waals surface area (Å²) in [6, 6.07) is 20.3. The van der Waals surface area contributed by atoms with E-state index in [0.29, 0.717) is 12.3 Å².